The number of hydrogen-bond donors (Lipinski definition) is 3. The Morgan fingerprint density at radius 3 is 2.65 bits per heavy atom. The number of nitrogens with zero attached hydrogens (tertiary/aromatic N) is 3. The first-order valence-corrected chi connectivity index (χ1v) is 9.51. The van der Waals surface area contributed by atoms with Crippen LogP contribution >= 0.6 is 0 Å². The highest BCUT2D eigenvalue weighted by Crippen LogP contribution is 2.36. The highest BCUT2D eigenvalue weighted by molar-refractivity contribution is 5.28. The molecule has 0 spiro atoms. The number of allylic oxidation sites excluding steroid dienone is 1. The third-order valence-corrected chi connectivity index (χ3v) is 5.76. The third-order valence-electron chi connectivity index (χ3n) is 5.76. The first-order chi connectivity index (χ1) is 12.6. The van der Waals surface area contributed by atoms with Crippen molar-refractivity contribution in [3.8, 4) is 0 Å². The van der Waals surface area contributed by atoms with E-state index in [0.29, 0.717) is 11.7 Å². The fraction of sp³-hybridized carbons (Fsp3) is 0.550. The van der Waals surface area contributed by atoms with E-state index in [1.807, 2.05) is 0 Å². The van der Waals surface area contributed by atoms with Crippen molar-refractivity contribution in [2.45, 2.75) is 44.9 Å². The molecule has 3 rings (SSSR count). The largest absolute Gasteiger partial charge is 0.513 e. The van der Waals surface area contributed by atoms with Gasteiger partial charge in [-0.15, -0.1) is 5.10 Å². The molecule has 0 bridgehead atoms. The lowest BCUT2D eigenvalue weighted by atomic mass is 9.76. The molecule has 3 N–H and O–H groups in total. The van der Waals surface area contributed by atoms with Gasteiger partial charge < -0.3 is 10.4 Å². The molecule has 140 valence electrons. The summed E-state index contributed by atoms with van der Waals surface area (Å²) in [6.07, 6.45) is 2.91. The monoisotopic (exact) mass is 355 g/mol. The van der Waals surface area contributed by atoms with Crippen molar-refractivity contribution in [2.24, 2.45) is 11.8 Å². The topological polar surface area (TPSA) is 86.7 Å². The van der Waals surface area contributed by atoms with E-state index in [2.05, 4.69) is 70.6 Å². The van der Waals surface area contributed by atoms with Crippen molar-refractivity contribution in [2.75, 3.05) is 13.1 Å². The minimum atomic E-state index is -0.0894. The number of nitrogens with one attached hydrogen (secondary N) is 2. The molecule has 0 aliphatic carbocycles. The molecule has 1 fully saturated rings. The quantitative estimate of drug-likeness (QED) is 0.632. The van der Waals surface area contributed by atoms with Gasteiger partial charge in [0.15, 0.2) is 5.82 Å². The number of H-pyrrole nitrogens is 1. The van der Waals surface area contributed by atoms with Gasteiger partial charge in [-0.1, -0.05) is 51.1 Å². The Bertz CT molecular complexity index is 692. The highest BCUT2D eigenvalue weighted by atomic mass is 16.3. The summed E-state index contributed by atoms with van der Waals surface area (Å²) in [6.45, 7) is 10.3. The van der Waals surface area contributed by atoms with Gasteiger partial charge in [-0.3, -0.25) is 0 Å². The molecule has 2 aromatic rings. The lowest BCUT2D eigenvalue weighted by Gasteiger charge is -2.29. The number of aromatic nitrogens is 4. The van der Waals surface area contributed by atoms with E-state index in [-0.39, 0.29) is 23.5 Å². The maximum atomic E-state index is 10.3. The SMILES string of the molecule is C=C(O)[C@@H](C(C)CC)[C@H](Cc1ccc(C2CCNC2)cc1)c1nnn[nH]1. The molecular formula is C20H29N5O. The molecule has 2 heterocycles. The average molecular weight is 355 g/mol. The Morgan fingerprint density at radius 2 is 2.12 bits per heavy atom. The molecule has 1 aromatic carbocycles. The predicted octanol–water partition coefficient (Wildman–Crippen LogP) is 3.34. The van der Waals surface area contributed by atoms with Gasteiger partial charge >= 0.3 is 0 Å². The minimum absolute atomic E-state index is 0.0311. The van der Waals surface area contributed by atoms with Crippen LogP contribution < -0.4 is 5.32 Å². The van der Waals surface area contributed by atoms with Crippen LogP contribution in [0.3, 0.4) is 0 Å². The molecule has 1 aromatic heterocycles. The number of aliphatic hydroxyl groups is 1. The Labute approximate surface area is 155 Å². The maximum Gasteiger partial charge on any atom is 0.152 e. The van der Waals surface area contributed by atoms with Crippen LogP contribution in [-0.4, -0.2) is 38.8 Å². The summed E-state index contributed by atoms with van der Waals surface area (Å²) in [5, 5.41) is 28.2. The summed E-state index contributed by atoms with van der Waals surface area (Å²) >= 11 is 0. The van der Waals surface area contributed by atoms with Gasteiger partial charge in [0, 0.05) is 18.4 Å². The fourth-order valence-electron chi connectivity index (χ4n) is 4.05. The summed E-state index contributed by atoms with van der Waals surface area (Å²) in [6, 6.07) is 8.85. The zero-order valence-electron chi connectivity index (χ0n) is 15.7. The summed E-state index contributed by atoms with van der Waals surface area (Å²) in [5.74, 6) is 1.68. The van der Waals surface area contributed by atoms with Crippen molar-refractivity contribution < 1.29 is 5.11 Å². The summed E-state index contributed by atoms with van der Waals surface area (Å²) in [4.78, 5) is 0. The Kier molecular flexibility index (Phi) is 6.04. The average Bonchev–Trinajstić information content (AvgIpc) is 3.35. The molecule has 4 atom stereocenters. The molecule has 6 heteroatoms. The van der Waals surface area contributed by atoms with Crippen molar-refractivity contribution in [1.82, 2.24) is 25.9 Å². The van der Waals surface area contributed by atoms with Crippen molar-refractivity contribution in [3.05, 3.63) is 53.6 Å². The van der Waals surface area contributed by atoms with E-state index in [9.17, 15) is 5.11 Å². The van der Waals surface area contributed by atoms with Crippen LogP contribution in [0.15, 0.2) is 36.6 Å². The first kappa shape index (κ1) is 18.6. The minimum Gasteiger partial charge on any atom is -0.513 e. The van der Waals surface area contributed by atoms with Gasteiger partial charge in [0.1, 0.15) is 0 Å². The molecule has 6 nitrogen and oxygen atoms in total. The second-order valence-corrected chi connectivity index (χ2v) is 7.43. The molecule has 26 heavy (non-hydrogen) atoms. The lowest BCUT2D eigenvalue weighted by molar-refractivity contribution is 0.229. The standard InChI is InChI=1S/C20H29N5O/c1-4-13(2)19(14(3)26)18(20-22-24-25-23-20)11-15-5-7-16(8-6-15)17-9-10-21-12-17/h5-8,13,17-19,21,26H,3-4,9-12H2,1-2H3,(H,22,23,24,25)/t13?,17?,18-,19+/m0/s1. The Balaban J connectivity index is 1.82. The fourth-order valence-corrected chi connectivity index (χ4v) is 4.05. The lowest BCUT2D eigenvalue weighted by Crippen LogP contribution is -2.25. The van der Waals surface area contributed by atoms with Crippen molar-refractivity contribution in [1.29, 1.82) is 0 Å². The van der Waals surface area contributed by atoms with Crippen LogP contribution in [0.25, 0.3) is 0 Å². The van der Waals surface area contributed by atoms with Gasteiger partial charge in [0.25, 0.3) is 0 Å². The molecule has 1 aliphatic heterocycles. The zero-order valence-corrected chi connectivity index (χ0v) is 15.7. The molecule has 0 amide bonds. The van der Waals surface area contributed by atoms with Gasteiger partial charge in [-0.25, -0.2) is 5.10 Å². The number of hydrogen-bond acceptors (Lipinski definition) is 5. The van der Waals surface area contributed by atoms with Gasteiger partial charge in [-0.2, -0.15) is 0 Å². The first-order valence-electron chi connectivity index (χ1n) is 9.51. The van der Waals surface area contributed by atoms with E-state index in [0.717, 1.165) is 25.9 Å². The molecular weight excluding hydrogens is 326 g/mol. The molecule has 0 saturated carbocycles. The van der Waals surface area contributed by atoms with Crippen LogP contribution in [-0.2, 0) is 6.42 Å². The van der Waals surface area contributed by atoms with Crippen molar-refractivity contribution in [3.63, 3.8) is 0 Å². The predicted molar refractivity (Wildman–Crippen MR) is 102 cm³/mol. The Morgan fingerprint density at radius 1 is 1.35 bits per heavy atom. The van der Waals surface area contributed by atoms with Crippen LogP contribution in [0, 0.1) is 11.8 Å². The van der Waals surface area contributed by atoms with E-state index in [4.69, 9.17) is 0 Å². The van der Waals surface area contributed by atoms with Gasteiger partial charge in [0.2, 0.25) is 0 Å². The van der Waals surface area contributed by atoms with Crippen LogP contribution in [0.2, 0.25) is 0 Å². The van der Waals surface area contributed by atoms with E-state index in [1.165, 1.54) is 17.5 Å². The number of tetrazole rings is 1. The van der Waals surface area contributed by atoms with Crippen LogP contribution in [0.4, 0.5) is 0 Å². The van der Waals surface area contributed by atoms with E-state index in [1.54, 1.807) is 0 Å². The van der Waals surface area contributed by atoms with Gasteiger partial charge in [-0.05, 0) is 52.8 Å². The summed E-state index contributed by atoms with van der Waals surface area (Å²) in [7, 11) is 0. The summed E-state index contributed by atoms with van der Waals surface area (Å²) in [5.41, 5.74) is 2.61. The highest BCUT2D eigenvalue weighted by Gasteiger charge is 2.32. The van der Waals surface area contributed by atoms with E-state index < -0.39 is 0 Å². The van der Waals surface area contributed by atoms with Crippen LogP contribution in [0.5, 0.6) is 0 Å². The molecule has 2 unspecified atom stereocenters. The number of benzene rings is 1. The maximum absolute atomic E-state index is 10.3. The number of rotatable bonds is 8. The zero-order chi connectivity index (χ0) is 18.5. The smallest absolute Gasteiger partial charge is 0.152 e. The van der Waals surface area contributed by atoms with Crippen LogP contribution in [0.1, 0.15) is 55.5 Å². The third kappa shape index (κ3) is 4.12. The van der Waals surface area contributed by atoms with Crippen molar-refractivity contribution >= 4 is 0 Å². The molecule has 1 aliphatic rings. The van der Waals surface area contributed by atoms with E-state index >= 15 is 0 Å². The normalized spacial score (nSPS) is 20.6. The molecule has 1 saturated heterocycles. The summed E-state index contributed by atoms with van der Waals surface area (Å²) < 4.78 is 0. The van der Waals surface area contributed by atoms with Gasteiger partial charge in [0.05, 0.1) is 5.76 Å². The number of aromatic amines is 1. The second kappa shape index (κ2) is 8.45. The molecule has 0 radical (unpaired) electrons. The Hall–Kier alpha value is -2.21. The number of aliphatic hydroxyl groups excluding tert-OH is 1. The second-order valence-electron chi connectivity index (χ2n) is 7.43.